The molecular weight excluding hydrogens is 1510 g/mol. The monoisotopic (exact) mass is 1590 g/mol. The Morgan fingerprint density at radius 2 is 0.349 bits per heavy atom. The van der Waals surface area contributed by atoms with E-state index in [9.17, 15) is 0 Å². The molecule has 0 atom stereocenters. The quantitative estimate of drug-likeness (QED) is 0.0936. The van der Waals surface area contributed by atoms with E-state index in [2.05, 4.69) is 394 Å². The number of hydrogen-bond donors (Lipinski definition) is 0. The molecule has 0 nitrogen and oxygen atoms in total. The van der Waals surface area contributed by atoms with Crippen LogP contribution in [0.15, 0.2) is 340 Å². The van der Waals surface area contributed by atoms with E-state index >= 15 is 0 Å². The zero-order valence-electron chi connectivity index (χ0n) is 61.1. The van der Waals surface area contributed by atoms with Crippen molar-refractivity contribution in [3.8, 4) is 44.5 Å². The van der Waals surface area contributed by atoms with Gasteiger partial charge in [-0.2, -0.15) is 24.3 Å². The van der Waals surface area contributed by atoms with Crippen LogP contribution in [-0.4, -0.2) is 10.9 Å². The molecule has 0 saturated heterocycles. The van der Waals surface area contributed by atoms with Crippen molar-refractivity contribution in [2.24, 2.45) is 0 Å². The molecule has 0 N–H and O–H groups in total. The van der Waals surface area contributed by atoms with Gasteiger partial charge in [0.2, 0.25) is 0 Å². The standard InChI is InChI=1S/4C24H17.2C2H6Si.2ClH.2Zr/c4*1-16-13-17-9-6-12-22(23(17)14-16)24-20-10-4-2-7-18(20)15-19-8-3-5-11-21(19)24;2*1-3-2;;;;/h4*2-15H,1H3;2*1-2H3;2*1H;;/q4*-1;;;;;2*+2/p-2. The number of aryl methyl sites for hydroxylation is 4. The molecule has 0 aliphatic rings. The van der Waals surface area contributed by atoms with E-state index in [1.807, 2.05) is 0 Å². The fourth-order valence-electron chi connectivity index (χ4n) is 15.6. The van der Waals surface area contributed by atoms with Gasteiger partial charge in [-0.3, -0.25) is 0 Å². The minimum Gasteiger partial charge on any atom is -1.00 e. The molecular formula is C100H80Cl2Si2Zr2-2. The average molecular weight is 1590 g/mol. The topological polar surface area (TPSA) is 0 Å². The molecule has 20 rings (SSSR count). The van der Waals surface area contributed by atoms with E-state index in [0.29, 0.717) is 0 Å². The van der Waals surface area contributed by atoms with Crippen molar-refractivity contribution in [3.63, 3.8) is 0 Å². The van der Waals surface area contributed by atoms with E-state index in [-0.39, 0.29) is 35.7 Å². The van der Waals surface area contributed by atoms with Crippen LogP contribution in [0.25, 0.3) is 174 Å². The molecule has 20 aromatic rings. The van der Waals surface area contributed by atoms with Crippen molar-refractivity contribution in [3.05, 3.63) is 362 Å². The van der Waals surface area contributed by atoms with Gasteiger partial charge < -0.3 is 24.8 Å². The molecule has 106 heavy (non-hydrogen) atoms. The fourth-order valence-corrected chi connectivity index (χ4v) is 15.6. The molecule has 0 aliphatic heterocycles. The number of hydrogen-bond acceptors (Lipinski definition) is 0. The summed E-state index contributed by atoms with van der Waals surface area (Å²) in [6.45, 7) is 17.9. The Hall–Kier alpha value is -9.18. The third-order valence-corrected chi connectivity index (χ3v) is 19.7. The first-order chi connectivity index (χ1) is 50.7. The van der Waals surface area contributed by atoms with Gasteiger partial charge >= 0.3 is 83.7 Å². The maximum absolute atomic E-state index is 2.31. The summed E-state index contributed by atoms with van der Waals surface area (Å²) in [4.78, 5) is 0. The summed E-state index contributed by atoms with van der Waals surface area (Å²) in [6, 6.07) is 124. The predicted octanol–water partition coefficient (Wildman–Crippen LogP) is 22.9. The van der Waals surface area contributed by atoms with Gasteiger partial charge in [-0.15, -0.1) is 138 Å². The van der Waals surface area contributed by atoms with E-state index in [4.69, 9.17) is 0 Å². The molecule has 6 heteroatoms. The van der Waals surface area contributed by atoms with E-state index in [1.165, 1.54) is 196 Å². The summed E-state index contributed by atoms with van der Waals surface area (Å²) < 4.78 is 0. The Morgan fingerprint density at radius 3 is 0.509 bits per heavy atom. The molecule has 20 aromatic carbocycles. The normalized spacial score (nSPS) is 11.0. The van der Waals surface area contributed by atoms with Gasteiger partial charge in [-0.25, -0.2) is 0 Å². The van der Waals surface area contributed by atoms with Crippen LogP contribution in [0.4, 0.5) is 0 Å². The minimum atomic E-state index is 0. The first-order valence-electron chi connectivity index (χ1n) is 36.0. The Bertz CT molecular complexity index is 5640. The third-order valence-electron chi connectivity index (χ3n) is 19.7. The van der Waals surface area contributed by atoms with Crippen LogP contribution in [0.2, 0.25) is 26.2 Å². The fraction of sp³-hybridized carbons (Fsp3) is 0.0800. The predicted molar refractivity (Wildman–Crippen MR) is 454 cm³/mol. The molecule has 0 fully saturated rings. The Kier molecular flexibility index (Phi) is 23.6. The van der Waals surface area contributed by atoms with Crippen molar-refractivity contribution in [2.45, 2.75) is 53.9 Å². The molecule has 0 bridgehead atoms. The third kappa shape index (κ3) is 15.7. The largest absolute Gasteiger partial charge is 1.00 e. The molecule has 0 heterocycles. The van der Waals surface area contributed by atoms with Gasteiger partial charge in [0.1, 0.15) is 0 Å². The zero-order chi connectivity index (χ0) is 71.5. The molecule has 0 aliphatic carbocycles. The Labute approximate surface area is 665 Å². The Morgan fingerprint density at radius 1 is 0.198 bits per heavy atom. The average Bonchev–Trinajstić information content (AvgIpc) is 1.31. The van der Waals surface area contributed by atoms with Gasteiger partial charge in [0.15, 0.2) is 0 Å². The maximum atomic E-state index is 2.31. The van der Waals surface area contributed by atoms with Crippen molar-refractivity contribution in [1.82, 2.24) is 0 Å². The van der Waals surface area contributed by atoms with Gasteiger partial charge in [-0.05, 0) is 133 Å². The molecule has 0 radical (unpaired) electrons. The molecule has 0 aromatic heterocycles. The van der Waals surface area contributed by atoms with Crippen molar-refractivity contribution >= 4 is 140 Å². The minimum absolute atomic E-state index is 0. The smallest absolute Gasteiger partial charge is 0.0107 e. The summed E-state index contributed by atoms with van der Waals surface area (Å²) in [6.07, 6.45) is 0. The number of halogens is 2. The number of fused-ring (bicyclic) bond motifs is 12. The molecule has 0 saturated carbocycles. The molecule has 0 amide bonds. The van der Waals surface area contributed by atoms with Crippen LogP contribution in [0.3, 0.4) is 0 Å². The SMILES string of the molecule is C[Si](C)=[Zr+2].C[Si](C)=[Zr+2].Cc1cc2c(-c3c4ccccc4cc4ccccc34)cccc2[cH-]1.Cc1cc2c(-c3c4ccccc4cc4ccccc34)cccc2[cH-]1.Cc1cc2c(-c3c4ccccc4cc4ccccc34)cccc2[cH-]1.Cc1cc2c(-c3c4ccccc4cc4ccccc34)cccc2[cH-]1.[Cl-].[Cl-]. The van der Waals surface area contributed by atoms with Crippen molar-refractivity contribution in [2.75, 3.05) is 0 Å². The molecule has 0 spiro atoms. The second-order valence-electron chi connectivity index (χ2n) is 28.1. The van der Waals surface area contributed by atoms with Gasteiger partial charge in [0.25, 0.3) is 0 Å². The van der Waals surface area contributed by atoms with E-state index < -0.39 is 0 Å². The van der Waals surface area contributed by atoms with Crippen LogP contribution in [0.1, 0.15) is 22.3 Å². The van der Waals surface area contributed by atoms with Crippen LogP contribution >= 0.6 is 0 Å². The second-order valence-corrected chi connectivity index (χ2v) is 46.9. The van der Waals surface area contributed by atoms with Gasteiger partial charge in [0, 0.05) is 0 Å². The first kappa shape index (κ1) is 75.1. The summed E-state index contributed by atoms with van der Waals surface area (Å²) in [5, 5.41) is 31.6. The van der Waals surface area contributed by atoms with E-state index in [1.54, 1.807) is 46.7 Å². The maximum Gasteiger partial charge on any atom is -0.0107 e. The summed E-state index contributed by atoms with van der Waals surface area (Å²) >= 11 is 3.48. The summed E-state index contributed by atoms with van der Waals surface area (Å²) in [5.41, 5.74) is 16.4. The first-order valence-corrected chi connectivity index (χ1v) is 48.4. The summed E-state index contributed by atoms with van der Waals surface area (Å²) in [5.74, 6) is 0. The Balaban J connectivity index is 0.000000120. The van der Waals surface area contributed by atoms with Crippen LogP contribution in [0.5, 0.6) is 0 Å². The van der Waals surface area contributed by atoms with Crippen LogP contribution in [-0.2, 0) is 46.7 Å². The second kappa shape index (κ2) is 33.3. The van der Waals surface area contributed by atoms with Crippen LogP contribution in [0, 0.1) is 27.7 Å². The van der Waals surface area contributed by atoms with E-state index in [0.717, 1.165) is 0 Å². The number of rotatable bonds is 4. The molecule has 0 unspecified atom stereocenters. The zero-order valence-corrected chi connectivity index (χ0v) is 69.5. The van der Waals surface area contributed by atoms with Crippen molar-refractivity contribution < 1.29 is 71.5 Å². The molecule has 512 valence electrons. The van der Waals surface area contributed by atoms with Crippen molar-refractivity contribution in [1.29, 1.82) is 0 Å². The number of benzene rings is 16. The van der Waals surface area contributed by atoms with Crippen LogP contribution < -0.4 is 24.8 Å². The van der Waals surface area contributed by atoms with Gasteiger partial charge in [0.05, 0.1) is 0 Å². The summed E-state index contributed by atoms with van der Waals surface area (Å²) in [7, 11) is 0. The van der Waals surface area contributed by atoms with Gasteiger partial charge in [-0.1, -0.05) is 268 Å².